The molecule has 5 rings (SSSR count). The van der Waals surface area contributed by atoms with Gasteiger partial charge in [0, 0.05) is 23.4 Å². The summed E-state index contributed by atoms with van der Waals surface area (Å²) in [6.45, 7) is 5.03. The molecule has 3 aliphatic carbocycles. The number of hydrogen-bond acceptors (Lipinski definition) is 6. The van der Waals surface area contributed by atoms with Crippen LogP contribution in [0.3, 0.4) is 0 Å². The predicted octanol–water partition coefficient (Wildman–Crippen LogP) is 6.02. The largest absolute Gasteiger partial charge is 0.459 e. The minimum absolute atomic E-state index is 0.0315. The number of fused-ring (bicyclic) bond motifs is 3. The van der Waals surface area contributed by atoms with Gasteiger partial charge in [-0.2, -0.15) is 0 Å². The first kappa shape index (κ1) is 24.5. The number of esters is 1. The Morgan fingerprint density at radius 1 is 1.00 bits per heavy atom. The van der Waals surface area contributed by atoms with Crippen molar-refractivity contribution in [1.82, 2.24) is 0 Å². The topological polar surface area (TPSA) is 98.5 Å². The Morgan fingerprint density at radius 2 is 1.67 bits per heavy atom. The summed E-state index contributed by atoms with van der Waals surface area (Å²) in [5.74, 6) is 1.02. The number of rotatable bonds is 6. The lowest BCUT2D eigenvalue weighted by atomic mass is 9.67. The Morgan fingerprint density at radius 3 is 2.39 bits per heavy atom. The van der Waals surface area contributed by atoms with Crippen molar-refractivity contribution < 1.29 is 19.1 Å². The lowest BCUT2D eigenvalue weighted by molar-refractivity contribution is -0.00482. The van der Waals surface area contributed by atoms with Gasteiger partial charge in [0.15, 0.2) is 11.6 Å². The Kier molecular flexibility index (Phi) is 6.87. The quantitative estimate of drug-likeness (QED) is 0.250. The van der Waals surface area contributed by atoms with Gasteiger partial charge < -0.3 is 15.8 Å². The summed E-state index contributed by atoms with van der Waals surface area (Å²) in [4.78, 5) is 40.4. The molecule has 3 N–H and O–H groups in total. The van der Waals surface area contributed by atoms with Crippen LogP contribution in [0.5, 0.6) is 0 Å². The lowest BCUT2D eigenvalue weighted by Crippen LogP contribution is -2.35. The molecule has 6 nitrogen and oxygen atoms in total. The van der Waals surface area contributed by atoms with Crippen molar-refractivity contribution in [2.24, 2.45) is 17.8 Å². The number of nitrogens with two attached hydrogens (primary N) is 1. The number of anilines is 2. The maximum Gasteiger partial charge on any atom is 0.340 e. The number of unbranched alkanes of at least 4 members (excludes halogenated alkanes) is 1. The highest BCUT2D eigenvalue weighted by Crippen LogP contribution is 2.44. The molecule has 2 aromatic carbocycles. The first-order valence-electron chi connectivity index (χ1n) is 13.5. The van der Waals surface area contributed by atoms with Crippen LogP contribution >= 0.6 is 0 Å². The Balaban J connectivity index is 1.46. The van der Waals surface area contributed by atoms with E-state index in [1.54, 1.807) is 30.3 Å². The van der Waals surface area contributed by atoms with Crippen LogP contribution in [0, 0.1) is 17.8 Å². The summed E-state index contributed by atoms with van der Waals surface area (Å²) in [7, 11) is 0. The standard InChI is InChI=1S/C30H36N2O4/c1-3-4-13-32-24-16-23(30(35)36-20-12-11-18-14-17(2)9-10-19(18)15-20)27(31)26-25(24)28(33)21-7-5-6-8-22(21)29(26)34/h5-8,16-20,32H,3-4,9-15,31H2,1-2H3. The van der Waals surface area contributed by atoms with Crippen LogP contribution < -0.4 is 11.1 Å². The number of ketones is 2. The zero-order valence-corrected chi connectivity index (χ0v) is 21.3. The number of nitrogen functional groups attached to an aromatic ring is 1. The summed E-state index contributed by atoms with van der Waals surface area (Å²) in [5.41, 5.74) is 8.16. The van der Waals surface area contributed by atoms with Gasteiger partial charge in [0.2, 0.25) is 0 Å². The first-order valence-corrected chi connectivity index (χ1v) is 13.5. The van der Waals surface area contributed by atoms with E-state index >= 15 is 0 Å². The third kappa shape index (κ3) is 4.42. The third-order valence-corrected chi connectivity index (χ3v) is 8.40. The lowest BCUT2D eigenvalue weighted by Gasteiger charge is -2.41. The van der Waals surface area contributed by atoms with Gasteiger partial charge in [0.1, 0.15) is 6.10 Å². The average molecular weight is 489 g/mol. The van der Waals surface area contributed by atoms with Crippen molar-refractivity contribution in [3.63, 3.8) is 0 Å². The van der Waals surface area contributed by atoms with E-state index in [4.69, 9.17) is 10.5 Å². The van der Waals surface area contributed by atoms with Gasteiger partial charge in [-0.3, -0.25) is 9.59 Å². The van der Waals surface area contributed by atoms with Crippen molar-refractivity contribution in [2.45, 2.75) is 71.3 Å². The molecule has 0 spiro atoms. The minimum atomic E-state index is -0.513. The molecular weight excluding hydrogens is 452 g/mol. The smallest absolute Gasteiger partial charge is 0.340 e. The van der Waals surface area contributed by atoms with E-state index in [1.807, 2.05) is 0 Å². The second kappa shape index (κ2) is 10.1. The Labute approximate surface area is 213 Å². The summed E-state index contributed by atoms with van der Waals surface area (Å²) in [6.07, 6.45) is 8.26. The molecule has 2 saturated carbocycles. The third-order valence-electron chi connectivity index (χ3n) is 8.40. The fourth-order valence-electron chi connectivity index (χ4n) is 6.43. The van der Waals surface area contributed by atoms with Crippen molar-refractivity contribution in [1.29, 1.82) is 0 Å². The van der Waals surface area contributed by atoms with Crippen LogP contribution in [-0.2, 0) is 4.74 Å². The molecule has 0 radical (unpaired) electrons. The van der Waals surface area contributed by atoms with Crippen LogP contribution in [0.15, 0.2) is 30.3 Å². The molecule has 2 aromatic rings. The molecular formula is C30H36N2O4. The molecule has 0 aromatic heterocycles. The van der Waals surface area contributed by atoms with E-state index in [9.17, 15) is 14.4 Å². The van der Waals surface area contributed by atoms with Gasteiger partial charge in [0.25, 0.3) is 0 Å². The maximum absolute atomic E-state index is 13.5. The molecule has 0 bridgehead atoms. The summed E-state index contributed by atoms with van der Waals surface area (Å²) >= 11 is 0. The molecule has 0 aliphatic heterocycles. The number of carbonyl (C=O) groups excluding carboxylic acids is 3. The second-order valence-corrected chi connectivity index (χ2v) is 10.9. The van der Waals surface area contributed by atoms with E-state index < -0.39 is 5.97 Å². The van der Waals surface area contributed by atoms with Gasteiger partial charge in [-0.1, -0.05) is 51.0 Å². The normalized spacial score (nSPS) is 24.9. The summed E-state index contributed by atoms with van der Waals surface area (Å²) < 4.78 is 5.99. The Hall–Kier alpha value is -3.15. The van der Waals surface area contributed by atoms with E-state index in [2.05, 4.69) is 19.2 Å². The van der Waals surface area contributed by atoms with Crippen LogP contribution in [0.4, 0.5) is 11.4 Å². The molecule has 36 heavy (non-hydrogen) atoms. The summed E-state index contributed by atoms with van der Waals surface area (Å²) in [5, 5.41) is 3.29. The molecule has 0 saturated heterocycles. The molecule has 2 fully saturated rings. The fraction of sp³-hybridized carbons (Fsp3) is 0.500. The zero-order valence-electron chi connectivity index (χ0n) is 21.3. The molecule has 0 heterocycles. The Bertz CT molecular complexity index is 1200. The monoisotopic (exact) mass is 488 g/mol. The highest BCUT2D eigenvalue weighted by molar-refractivity contribution is 6.32. The van der Waals surface area contributed by atoms with Crippen LogP contribution in [0.25, 0.3) is 0 Å². The van der Waals surface area contributed by atoms with Crippen molar-refractivity contribution in [2.75, 3.05) is 17.6 Å². The predicted molar refractivity (Wildman–Crippen MR) is 141 cm³/mol. The van der Waals surface area contributed by atoms with Crippen LogP contribution in [0.2, 0.25) is 0 Å². The molecule has 4 atom stereocenters. The van der Waals surface area contributed by atoms with Gasteiger partial charge in [-0.05, 0) is 62.3 Å². The van der Waals surface area contributed by atoms with E-state index in [0.717, 1.165) is 43.9 Å². The number of carbonyl (C=O) groups is 3. The van der Waals surface area contributed by atoms with E-state index in [0.29, 0.717) is 29.3 Å². The van der Waals surface area contributed by atoms with Gasteiger partial charge in [-0.15, -0.1) is 0 Å². The van der Waals surface area contributed by atoms with Gasteiger partial charge >= 0.3 is 5.97 Å². The molecule has 6 heteroatoms. The fourth-order valence-corrected chi connectivity index (χ4v) is 6.43. The highest BCUT2D eigenvalue weighted by Gasteiger charge is 2.38. The number of benzene rings is 2. The average Bonchev–Trinajstić information content (AvgIpc) is 2.88. The van der Waals surface area contributed by atoms with Gasteiger partial charge in [0.05, 0.1) is 22.4 Å². The second-order valence-electron chi connectivity index (χ2n) is 10.9. The number of ether oxygens (including phenoxy) is 1. The minimum Gasteiger partial charge on any atom is -0.459 e. The van der Waals surface area contributed by atoms with Crippen LogP contribution in [-0.4, -0.2) is 30.2 Å². The maximum atomic E-state index is 13.5. The zero-order chi connectivity index (χ0) is 25.4. The van der Waals surface area contributed by atoms with Crippen molar-refractivity contribution >= 4 is 28.9 Å². The van der Waals surface area contributed by atoms with E-state index in [1.165, 1.54) is 19.3 Å². The molecule has 0 amide bonds. The molecule has 190 valence electrons. The highest BCUT2D eigenvalue weighted by atomic mass is 16.5. The SMILES string of the molecule is CCCCNc1cc(C(=O)OC2CCC3CC(C)CCC3C2)c(N)c2c1C(=O)c1ccccc1C2=O. The molecule has 4 unspecified atom stereocenters. The van der Waals surface area contributed by atoms with Crippen LogP contribution in [0.1, 0.15) is 107 Å². The van der Waals surface area contributed by atoms with E-state index in [-0.39, 0.29) is 40.0 Å². The van der Waals surface area contributed by atoms with Crippen molar-refractivity contribution in [3.05, 3.63) is 58.1 Å². The summed E-state index contributed by atoms with van der Waals surface area (Å²) in [6, 6.07) is 8.38. The van der Waals surface area contributed by atoms with Crippen molar-refractivity contribution in [3.8, 4) is 0 Å². The number of nitrogens with one attached hydrogen (secondary N) is 1. The number of hydrogen-bond donors (Lipinski definition) is 2. The first-order chi connectivity index (χ1) is 17.4. The molecule has 3 aliphatic rings. The van der Waals surface area contributed by atoms with Gasteiger partial charge in [-0.25, -0.2) is 4.79 Å².